The number of carbonyl (C=O) groups excluding carboxylic acids is 1. The van der Waals surface area contributed by atoms with Crippen molar-refractivity contribution in [1.82, 2.24) is 15.1 Å². The van der Waals surface area contributed by atoms with Crippen LogP contribution in [0, 0.1) is 0 Å². The first-order chi connectivity index (χ1) is 15.1. The van der Waals surface area contributed by atoms with Crippen LogP contribution in [0.4, 0.5) is 0 Å². The minimum atomic E-state index is -0.294. The van der Waals surface area contributed by atoms with Crippen LogP contribution < -0.4 is 10.7 Å². The fraction of sp³-hybridized carbons (Fsp3) is 0.417. The van der Waals surface area contributed by atoms with Gasteiger partial charge in [0, 0.05) is 26.1 Å². The molecule has 2 aromatic carbocycles. The quantitative estimate of drug-likeness (QED) is 0.514. The smallest absolute Gasteiger partial charge is 0.311 e. The zero-order chi connectivity index (χ0) is 21.4. The second-order valence-corrected chi connectivity index (χ2v) is 8.54. The summed E-state index contributed by atoms with van der Waals surface area (Å²) in [7, 11) is 2.13. The van der Waals surface area contributed by atoms with Crippen molar-refractivity contribution in [1.29, 1.82) is 0 Å². The molecule has 7 heteroatoms. The number of hydrogen-bond acceptors (Lipinski definition) is 7. The summed E-state index contributed by atoms with van der Waals surface area (Å²) in [5.41, 5.74) is 1.74. The Hall–Kier alpha value is -2.74. The fourth-order valence-electron chi connectivity index (χ4n) is 4.63. The van der Waals surface area contributed by atoms with Crippen LogP contribution in [0.5, 0.6) is 0 Å². The zero-order valence-corrected chi connectivity index (χ0v) is 17.7. The number of para-hydroxylation sites is 1. The van der Waals surface area contributed by atoms with E-state index in [-0.39, 0.29) is 30.2 Å². The molecule has 3 heterocycles. The summed E-state index contributed by atoms with van der Waals surface area (Å²) >= 11 is 0. The molecule has 5 rings (SSSR count). The molecule has 0 spiro atoms. The van der Waals surface area contributed by atoms with Crippen molar-refractivity contribution < 1.29 is 13.9 Å². The van der Waals surface area contributed by atoms with E-state index in [2.05, 4.69) is 22.2 Å². The molecule has 0 aliphatic carbocycles. The molecular weight excluding hydrogens is 394 g/mol. The Labute approximate surface area is 180 Å². The number of fused-ring (bicyclic) bond motifs is 3. The van der Waals surface area contributed by atoms with E-state index >= 15 is 0 Å². The minimum Gasteiger partial charge on any atom is -0.456 e. The Morgan fingerprint density at radius 3 is 2.87 bits per heavy atom. The van der Waals surface area contributed by atoms with Gasteiger partial charge < -0.3 is 14.1 Å². The van der Waals surface area contributed by atoms with E-state index in [9.17, 15) is 9.59 Å². The topological polar surface area (TPSA) is 75.0 Å². The van der Waals surface area contributed by atoms with E-state index in [1.54, 1.807) is 24.3 Å². The van der Waals surface area contributed by atoms with Crippen LogP contribution >= 0.6 is 0 Å². The second kappa shape index (κ2) is 8.42. The number of esters is 1. The van der Waals surface area contributed by atoms with Gasteiger partial charge in [-0.2, -0.15) is 0 Å². The molecule has 31 heavy (non-hydrogen) atoms. The van der Waals surface area contributed by atoms with Crippen LogP contribution in [0.25, 0.3) is 21.9 Å². The Morgan fingerprint density at radius 1 is 1.13 bits per heavy atom. The van der Waals surface area contributed by atoms with E-state index in [4.69, 9.17) is 9.15 Å². The number of carbonyl (C=O) groups is 1. The Morgan fingerprint density at radius 2 is 1.97 bits per heavy atom. The maximum absolute atomic E-state index is 12.8. The van der Waals surface area contributed by atoms with Crippen LogP contribution in [-0.2, 0) is 16.0 Å². The van der Waals surface area contributed by atoms with Crippen molar-refractivity contribution in [3.63, 3.8) is 0 Å². The van der Waals surface area contributed by atoms with Gasteiger partial charge in [-0.05, 0) is 49.8 Å². The van der Waals surface area contributed by atoms with Gasteiger partial charge in [-0.3, -0.25) is 19.8 Å². The second-order valence-electron chi connectivity index (χ2n) is 8.54. The Kier molecular flexibility index (Phi) is 5.48. The number of likely N-dealkylation sites (N-methyl/N-ethyl adjacent to an activating group) is 1. The molecule has 162 valence electrons. The normalized spacial score (nSPS) is 22.9. The SMILES string of the molecule is CN1CCCN2CCC(OC(=O)Cc3ccc4oc5ccccc5c(=O)c4c3)NC2C1. The van der Waals surface area contributed by atoms with Crippen molar-refractivity contribution in [2.45, 2.75) is 31.7 Å². The van der Waals surface area contributed by atoms with Crippen LogP contribution in [0.3, 0.4) is 0 Å². The molecule has 2 aliphatic heterocycles. The third-order valence-electron chi connectivity index (χ3n) is 6.23. The molecule has 0 bridgehead atoms. The summed E-state index contributed by atoms with van der Waals surface area (Å²) in [4.78, 5) is 30.2. The van der Waals surface area contributed by atoms with Gasteiger partial charge in [0.15, 0.2) is 6.23 Å². The van der Waals surface area contributed by atoms with Gasteiger partial charge in [0.2, 0.25) is 5.43 Å². The lowest BCUT2D eigenvalue weighted by atomic mass is 10.1. The van der Waals surface area contributed by atoms with Gasteiger partial charge in [-0.1, -0.05) is 18.2 Å². The summed E-state index contributed by atoms with van der Waals surface area (Å²) < 4.78 is 11.6. The number of nitrogens with one attached hydrogen (secondary N) is 1. The minimum absolute atomic E-state index is 0.0846. The van der Waals surface area contributed by atoms with Crippen LogP contribution in [0.1, 0.15) is 18.4 Å². The van der Waals surface area contributed by atoms with Crippen molar-refractivity contribution in [3.05, 3.63) is 58.3 Å². The van der Waals surface area contributed by atoms with E-state index in [1.807, 2.05) is 18.2 Å². The monoisotopic (exact) mass is 421 g/mol. The fourth-order valence-corrected chi connectivity index (χ4v) is 4.63. The molecule has 3 aromatic rings. The predicted octanol–water partition coefficient (Wildman–Crippen LogP) is 2.31. The van der Waals surface area contributed by atoms with Gasteiger partial charge in [0.25, 0.3) is 0 Å². The number of ether oxygens (including phenoxy) is 1. The summed E-state index contributed by atoms with van der Waals surface area (Å²) in [6, 6.07) is 12.5. The number of hydrogen-bond donors (Lipinski definition) is 1. The number of benzene rings is 2. The average molecular weight is 421 g/mol. The average Bonchev–Trinajstić information content (AvgIpc) is 2.94. The van der Waals surface area contributed by atoms with Gasteiger partial charge in [0.05, 0.1) is 23.4 Å². The van der Waals surface area contributed by atoms with Crippen molar-refractivity contribution in [3.8, 4) is 0 Å². The number of rotatable bonds is 3. The maximum atomic E-state index is 12.8. The lowest BCUT2D eigenvalue weighted by molar-refractivity contribution is -0.154. The lowest BCUT2D eigenvalue weighted by Crippen LogP contribution is -2.59. The first-order valence-electron chi connectivity index (χ1n) is 10.9. The highest BCUT2D eigenvalue weighted by atomic mass is 16.6. The molecule has 2 unspecified atom stereocenters. The lowest BCUT2D eigenvalue weighted by Gasteiger charge is -2.39. The first-order valence-corrected chi connectivity index (χ1v) is 10.9. The van der Waals surface area contributed by atoms with Crippen LogP contribution in [0.2, 0.25) is 0 Å². The summed E-state index contributed by atoms with van der Waals surface area (Å²) in [5.74, 6) is -0.294. The van der Waals surface area contributed by atoms with Crippen LogP contribution in [0.15, 0.2) is 51.7 Å². The first kappa shape index (κ1) is 20.2. The molecule has 2 fully saturated rings. The highest BCUT2D eigenvalue weighted by Gasteiger charge is 2.31. The van der Waals surface area contributed by atoms with Gasteiger partial charge in [0.1, 0.15) is 11.2 Å². The largest absolute Gasteiger partial charge is 0.456 e. The van der Waals surface area contributed by atoms with Crippen molar-refractivity contribution in [2.75, 3.05) is 33.2 Å². The highest BCUT2D eigenvalue weighted by Crippen LogP contribution is 2.20. The molecule has 0 radical (unpaired) electrons. The molecule has 2 aliphatic rings. The van der Waals surface area contributed by atoms with Crippen LogP contribution in [-0.4, -0.2) is 61.4 Å². The Balaban J connectivity index is 1.28. The third kappa shape index (κ3) is 4.21. The molecule has 2 atom stereocenters. The van der Waals surface area contributed by atoms with Gasteiger partial charge >= 0.3 is 5.97 Å². The number of nitrogens with zero attached hydrogens (tertiary/aromatic N) is 2. The highest BCUT2D eigenvalue weighted by molar-refractivity contribution is 5.90. The molecule has 7 nitrogen and oxygen atoms in total. The van der Waals surface area contributed by atoms with Gasteiger partial charge in [-0.15, -0.1) is 0 Å². The molecule has 0 saturated carbocycles. The van der Waals surface area contributed by atoms with Crippen molar-refractivity contribution in [2.24, 2.45) is 0 Å². The summed E-state index contributed by atoms with van der Waals surface area (Å²) in [6.07, 6.45) is 1.98. The predicted molar refractivity (Wildman–Crippen MR) is 119 cm³/mol. The third-order valence-corrected chi connectivity index (χ3v) is 6.23. The molecule has 2 saturated heterocycles. The van der Waals surface area contributed by atoms with E-state index in [0.717, 1.165) is 44.6 Å². The van der Waals surface area contributed by atoms with Gasteiger partial charge in [-0.25, -0.2) is 0 Å². The van der Waals surface area contributed by atoms with E-state index in [0.29, 0.717) is 21.9 Å². The standard InChI is InChI=1S/C24H27N3O4/c1-26-10-4-11-27-12-9-22(25-21(27)15-26)31-23(28)14-16-7-8-20-18(13-16)24(29)17-5-2-3-6-19(17)30-20/h2-3,5-8,13,21-22,25H,4,9-12,14-15H2,1H3. The Bertz CT molecular complexity index is 1170. The molecule has 0 amide bonds. The van der Waals surface area contributed by atoms with Crippen molar-refractivity contribution >= 4 is 27.9 Å². The summed E-state index contributed by atoms with van der Waals surface area (Å²) in [5, 5.41) is 4.50. The maximum Gasteiger partial charge on any atom is 0.311 e. The van der Waals surface area contributed by atoms with E-state index in [1.165, 1.54) is 0 Å². The molecule has 1 aromatic heterocycles. The zero-order valence-electron chi connectivity index (χ0n) is 17.7. The molecular formula is C24H27N3O4. The molecule has 1 N–H and O–H groups in total. The van der Waals surface area contributed by atoms with E-state index < -0.39 is 0 Å². The summed E-state index contributed by atoms with van der Waals surface area (Å²) in [6.45, 7) is 4.00.